The van der Waals surface area contributed by atoms with E-state index in [0.717, 1.165) is 25.1 Å². The first-order valence-electron chi connectivity index (χ1n) is 7.11. The van der Waals surface area contributed by atoms with Crippen LogP contribution in [0.3, 0.4) is 0 Å². The molecule has 6 heteroatoms. The number of hydrogen-bond donors (Lipinski definition) is 0. The maximum Gasteiger partial charge on any atom is 0.276 e. The number of amides is 1. The van der Waals surface area contributed by atoms with Crippen LogP contribution in [0.2, 0.25) is 0 Å². The molecule has 0 aliphatic carbocycles. The highest BCUT2D eigenvalue weighted by molar-refractivity contribution is 5.92. The first-order valence-corrected chi connectivity index (χ1v) is 7.11. The number of ether oxygens (including phenoxy) is 1. The molecule has 6 nitrogen and oxygen atoms in total. The molecule has 1 fully saturated rings. The van der Waals surface area contributed by atoms with E-state index in [1.165, 1.54) is 0 Å². The van der Waals surface area contributed by atoms with E-state index in [2.05, 4.69) is 17.0 Å². The van der Waals surface area contributed by atoms with Gasteiger partial charge >= 0.3 is 0 Å². The molecule has 1 saturated heterocycles. The Morgan fingerprint density at radius 3 is 3.05 bits per heavy atom. The Bertz CT molecular complexity index is 445. The van der Waals surface area contributed by atoms with Crippen LogP contribution in [0.5, 0.6) is 0 Å². The Kier molecular flexibility index (Phi) is 5.14. The molecule has 1 unspecified atom stereocenters. The molecule has 1 aliphatic heterocycles. The van der Waals surface area contributed by atoms with Gasteiger partial charge in [0.15, 0.2) is 5.69 Å². The third-order valence-corrected chi connectivity index (χ3v) is 3.27. The van der Waals surface area contributed by atoms with Crippen LogP contribution in [-0.2, 0) is 11.2 Å². The summed E-state index contributed by atoms with van der Waals surface area (Å²) < 4.78 is 10.8. The molecule has 0 N–H and O–H groups in total. The van der Waals surface area contributed by atoms with Gasteiger partial charge in [-0.25, -0.2) is 0 Å². The molecule has 112 valence electrons. The molecule has 2 rings (SSSR count). The van der Waals surface area contributed by atoms with E-state index >= 15 is 0 Å². The number of likely N-dealkylation sites (N-methyl/N-ethyl adjacent to an activating group) is 1. The van der Waals surface area contributed by atoms with Crippen molar-refractivity contribution in [1.82, 2.24) is 15.0 Å². The lowest BCUT2D eigenvalue weighted by molar-refractivity contribution is -0.0309. The fraction of sp³-hybridized carbons (Fsp3) is 0.714. The van der Waals surface area contributed by atoms with Crippen LogP contribution >= 0.6 is 0 Å². The molecule has 0 saturated carbocycles. The lowest BCUT2D eigenvalue weighted by Gasteiger charge is -2.33. The highest BCUT2D eigenvalue weighted by Crippen LogP contribution is 2.12. The van der Waals surface area contributed by atoms with Crippen LogP contribution in [0.15, 0.2) is 10.6 Å². The minimum Gasteiger partial charge on any atom is -0.373 e. The van der Waals surface area contributed by atoms with E-state index in [1.807, 2.05) is 14.1 Å². The monoisotopic (exact) mass is 281 g/mol. The Balaban J connectivity index is 1.96. The molecule has 0 aromatic carbocycles. The number of carbonyl (C=O) groups is 1. The van der Waals surface area contributed by atoms with Gasteiger partial charge in [-0.2, -0.15) is 0 Å². The van der Waals surface area contributed by atoms with Gasteiger partial charge in [0, 0.05) is 32.1 Å². The van der Waals surface area contributed by atoms with Crippen molar-refractivity contribution < 1.29 is 14.1 Å². The zero-order valence-corrected chi connectivity index (χ0v) is 12.5. The van der Waals surface area contributed by atoms with Crippen molar-refractivity contribution in [2.45, 2.75) is 25.9 Å². The molecule has 1 atom stereocenters. The quantitative estimate of drug-likeness (QED) is 0.807. The molecular weight excluding hydrogens is 258 g/mol. The smallest absolute Gasteiger partial charge is 0.276 e. The summed E-state index contributed by atoms with van der Waals surface area (Å²) in [5.41, 5.74) is 0.402. The standard InChI is InChI=1S/C14H23N3O3/c1-4-5-11-8-13(15-20-11)14(18)17-6-7-19-12(10-17)9-16(2)3/h8,12H,4-7,9-10H2,1-3H3. The van der Waals surface area contributed by atoms with E-state index in [-0.39, 0.29) is 12.0 Å². The molecule has 0 spiro atoms. The number of hydrogen-bond acceptors (Lipinski definition) is 5. The normalized spacial score (nSPS) is 19.6. The molecular formula is C14H23N3O3. The summed E-state index contributed by atoms with van der Waals surface area (Å²) >= 11 is 0. The number of aromatic nitrogens is 1. The van der Waals surface area contributed by atoms with Crippen LogP contribution in [-0.4, -0.2) is 67.3 Å². The van der Waals surface area contributed by atoms with E-state index in [9.17, 15) is 4.79 Å². The van der Waals surface area contributed by atoms with Gasteiger partial charge in [0.2, 0.25) is 0 Å². The molecule has 1 aromatic rings. The zero-order chi connectivity index (χ0) is 14.5. The number of carbonyl (C=O) groups excluding carboxylic acids is 1. The zero-order valence-electron chi connectivity index (χ0n) is 12.5. The van der Waals surface area contributed by atoms with E-state index in [1.54, 1.807) is 11.0 Å². The predicted octanol–water partition coefficient (Wildman–Crippen LogP) is 1.03. The highest BCUT2D eigenvalue weighted by Gasteiger charge is 2.27. The van der Waals surface area contributed by atoms with E-state index in [4.69, 9.17) is 9.26 Å². The van der Waals surface area contributed by atoms with Gasteiger partial charge in [-0.3, -0.25) is 4.79 Å². The Hall–Kier alpha value is -1.40. The van der Waals surface area contributed by atoms with Gasteiger partial charge in [-0.05, 0) is 20.5 Å². The fourth-order valence-corrected chi connectivity index (χ4v) is 2.36. The van der Waals surface area contributed by atoms with Crippen molar-refractivity contribution in [3.63, 3.8) is 0 Å². The van der Waals surface area contributed by atoms with Crippen molar-refractivity contribution in [3.8, 4) is 0 Å². The summed E-state index contributed by atoms with van der Waals surface area (Å²) in [6.45, 7) is 4.66. The van der Waals surface area contributed by atoms with E-state index < -0.39 is 0 Å². The first kappa shape index (κ1) is 15.0. The molecule has 1 aliphatic rings. The molecule has 1 amide bonds. The van der Waals surface area contributed by atoms with Crippen LogP contribution in [0.25, 0.3) is 0 Å². The van der Waals surface area contributed by atoms with Crippen molar-refractivity contribution in [3.05, 3.63) is 17.5 Å². The number of rotatable bonds is 5. The first-order chi connectivity index (χ1) is 9.60. The summed E-state index contributed by atoms with van der Waals surface area (Å²) in [4.78, 5) is 16.2. The molecule has 2 heterocycles. The molecule has 0 radical (unpaired) electrons. The van der Waals surface area contributed by atoms with Gasteiger partial charge in [-0.1, -0.05) is 12.1 Å². The highest BCUT2D eigenvalue weighted by atomic mass is 16.5. The molecule has 0 bridgehead atoms. The number of aryl methyl sites for hydroxylation is 1. The van der Waals surface area contributed by atoms with E-state index in [0.29, 0.717) is 25.4 Å². The van der Waals surface area contributed by atoms with Crippen LogP contribution < -0.4 is 0 Å². The largest absolute Gasteiger partial charge is 0.373 e. The third kappa shape index (κ3) is 3.80. The Morgan fingerprint density at radius 2 is 2.35 bits per heavy atom. The minimum absolute atomic E-state index is 0.0599. The summed E-state index contributed by atoms with van der Waals surface area (Å²) in [5, 5.41) is 3.88. The summed E-state index contributed by atoms with van der Waals surface area (Å²) in [5.74, 6) is 0.706. The fourth-order valence-electron chi connectivity index (χ4n) is 2.36. The maximum atomic E-state index is 12.4. The van der Waals surface area contributed by atoms with Crippen molar-refractivity contribution >= 4 is 5.91 Å². The maximum absolute atomic E-state index is 12.4. The van der Waals surface area contributed by atoms with Gasteiger partial charge in [0.05, 0.1) is 12.7 Å². The van der Waals surface area contributed by atoms with Gasteiger partial charge in [-0.15, -0.1) is 0 Å². The predicted molar refractivity (Wildman–Crippen MR) is 74.7 cm³/mol. The minimum atomic E-state index is -0.0665. The molecule has 1 aromatic heterocycles. The Labute approximate surface area is 119 Å². The number of nitrogens with zero attached hydrogens (tertiary/aromatic N) is 3. The summed E-state index contributed by atoms with van der Waals surface area (Å²) in [6.07, 6.45) is 1.85. The average molecular weight is 281 g/mol. The lowest BCUT2D eigenvalue weighted by Crippen LogP contribution is -2.48. The summed E-state index contributed by atoms with van der Waals surface area (Å²) in [7, 11) is 4.00. The Morgan fingerprint density at radius 1 is 1.55 bits per heavy atom. The van der Waals surface area contributed by atoms with Gasteiger partial charge in [0.25, 0.3) is 5.91 Å². The van der Waals surface area contributed by atoms with Crippen LogP contribution in [0.4, 0.5) is 0 Å². The average Bonchev–Trinajstić information content (AvgIpc) is 2.86. The van der Waals surface area contributed by atoms with Gasteiger partial charge < -0.3 is 19.1 Å². The van der Waals surface area contributed by atoms with Crippen LogP contribution in [0, 0.1) is 0 Å². The second-order valence-corrected chi connectivity index (χ2v) is 5.43. The van der Waals surface area contributed by atoms with Crippen molar-refractivity contribution in [2.24, 2.45) is 0 Å². The molecule has 20 heavy (non-hydrogen) atoms. The second kappa shape index (κ2) is 6.85. The van der Waals surface area contributed by atoms with Crippen molar-refractivity contribution in [2.75, 3.05) is 40.3 Å². The SMILES string of the molecule is CCCc1cc(C(=O)N2CCOC(CN(C)C)C2)no1. The topological polar surface area (TPSA) is 58.8 Å². The van der Waals surface area contributed by atoms with Gasteiger partial charge in [0.1, 0.15) is 5.76 Å². The number of morpholine rings is 1. The lowest BCUT2D eigenvalue weighted by atomic mass is 10.2. The third-order valence-electron chi connectivity index (χ3n) is 3.27. The van der Waals surface area contributed by atoms with Crippen molar-refractivity contribution in [1.29, 1.82) is 0 Å². The van der Waals surface area contributed by atoms with Crippen LogP contribution in [0.1, 0.15) is 29.6 Å². The second-order valence-electron chi connectivity index (χ2n) is 5.43. The summed E-state index contributed by atoms with van der Waals surface area (Å²) in [6, 6.07) is 1.75.